The number of carbonyl (C=O) groups excluding carboxylic acids is 1. The summed E-state index contributed by atoms with van der Waals surface area (Å²) in [4.78, 5) is 16.9. The van der Waals surface area contributed by atoms with Crippen LogP contribution in [0, 0.1) is 0 Å². The summed E-state index contributed by atoms with van der Waals surface area (Å²) in [6.07, 6.45) is 0. The summed E-state index contributed by atoms with van der Waals surface area (Å²) < 4.78 is 11.9. The first-order valence-electron chi connectivity index (χ1n) is 8.10. The molecule has 26 heavy (non-hydrogen) atoms. The van der Waals surface area contributed by atoms with Gasteiger partial charge in [0.2, 0.25) is 0 Å². The minimum Gasteiger partial charge on any atom is -0.497 e. The van der Waals surface area contributed by atoms with Crippen LogP contribution in [0.3, 0.4) is 0 Å². The third-order valence-corrected chi connectivity index (χ3v) is 5.00. The predicted molar refractivity (Wildman–Crippen MR) is 101 cm³/mol. The SMILES string of the molecule is COc1ccc(CNC(=O)c2ccc(-c3nc4ccccc4s3)o2)cc1. The number of para-hydroxylation sites is 1. The molecule has 0 atom stereocenters. The number of thiazole rings is 1. The van der Waals surface area contributed by atoms with Crippen molar-refractivity contribution in [2.75, 3.05) is 7.11 Å². The molecule has 1 N–H and O–H groups in total. The standard InChI is InChI=1S/C20H16N2O3S/c1-24-14-8-6-13(7-9-14)12-21-19(23)16-10-11-17(25-16)20-22-15-4-2-3-5-18(15)26-20/h2-11H,12H2,1H3,(H,21,23). The fourth-order valence-corrected chi connectivity index (χ4v) is 3.49. The number of aromatic nitrogens is 1. The quantitative estimate of drug-likeness (QED) is 0.566. The van der Waals surface area contributed by atoms with E-state index in [1.54, 1.807) is 30.6 Å². The van der Waals surface area contributed by atoms with Crippen LogP contribution in [0.1, 0.15) is 16.1 Å². The third kappa shape index (κ3) is 3.32. The zero-order valence-corrected chi connectivity index (χ0v) is 14.9. The van der Waals surface area contributed by atoms with Crippen molar-refractivity contribution in [2.24, 2.45) is 0 Å². The molecule has 0 radical (unpaired) electrons. The number of ether oxygens (including phenoxy) is 1. The first-order valence-corrected chi connectivity index (χ1v) is 8.91. The summed E-state index contributed by atoms with van der Waals surface area (Å²) in [6.45, 7) is 0.417. The Labute approximate surface area is 154 Å². The average Bonchev–Trinajstić information content (AvgIpc) is 3.33. The molecule has 0 bridgehead atoms. The molecule has 0 unspecified atom stereocenters. The van der Waals surface area contributed by atoms with E-state index in [4.69, 9.17) is 9.15 Å². The van der Waals surface area contributed by atoms with Gasteiger partial charge in [0.1, 0.15) is 5.75 Å². The summed E-state index contributed by atoms with van der Waals surface area (Å²) in [5.41, 5.74) is 1.91. The van der Waals surface area contributed by atoms with Crippen molar-refractivity contribution in [3.05, 3.63) is 72.0 Å². The Morgan fingerprint density at radius 3 is 2.69 bits per heavy atom. The number of nitrogens with zero attached hydrogens (tertiary/aromatic N) is 1. The molecule has 2 aromatic carbocycles. The molecule has 0 saturated heterocycles. The molecule has 0 aliphatic rings. The molecular formula is C20H16N2O3S. The van der Waals surface area contributed by atoms with Crippen LogP contribution in [0.5, 0.6) is 5.75 Å². The topological polar surface area (TPSA) is 64.4 Å². The van der Waals surface area contributed by atoms with Crippen LogP contribution in [0.15, 0.2) is 65.1 Å². The van der Waals surface area contributed by atoms with Crippen molar-refractivity contribution in [2.45, 2.75) is 6.54 Å². The molecule has 0 fully saturated rings. The van der Waals surface area contributed by atoms with Gasteiger partial charge in [0, 0.05) is 6.54 Å². The molecule has 0 aliphatic heterocycles. The minimum atomic E-state index is -0.256. The van der Waals surface area contributed by atoms with Crippen LogP contribution in [-0.4, -0.2) is 18.0 Å². The zero-order chi connectivity index (χ0) is 17.9. The summed E-state index contributed by atoms with van der Waals surface area (Å²) >= 11 is 1.54. The highest BCUT2D eigenvalue weighted by atomic mass is 32.1. The van der Waals surface area contributed by atoms with E-state index < -0.39 is 0 Å². The van der Waals surface area contributed by atoms with Crippen molar-refractivity contribution < 1.29 is 13.9 Å². The van der Waals surface area contributed by atoms with E-state index in [9.17, 15) is 4.79 Å². The predicted octanol–water partition coefficient (Wildman–Crippen LogP) is 4.49. The van der Waals surface area contributed by atoms with Gasteiger partial charge in [-0.3, -0.25) is 4.79 Å². The van der Waals surface area contributed by atoms with Gasteiger partial charge >= 0.3 is 0 Å². The lowest BCUT2D eigenvalue weighted by molar-refractivity contribution is 0.0924. The Bertz CT molecular complexity index is 1020. The van der Waals surface area contributed by atoms with Gasteiger partial charge in [0.05, 0.1) is 17.3 Å². The number of hydrogen-bond donors (Lipinski definition) is 1. The Kier molecular flexibility index (Phi) is 4.41. The lowest BCUT2D eigenvalue weighted by Gasteiger charge is -2.04. The molecule has 4 rings (SSSR count). The molecule has 0 spiro atoms. The van der Waals surface area contributed by atoms with Gasteiger partial charge in [-0.25, -0.2) is 4.98 Å². The molecule has 2 aromatic heterocycles. The maximum Gasteiger partial charge on any atom is 0.287 e. The van der Waals surface area contributed by atoms with E-state index in [-0.39, 0.29) is 11.7 Å². The first-order chi connectivity index (χ1) is 12.7. The van der Waals surface area contributed by atoms with Gasteiger partial charge in [0.25, 0.3) is 5.91 Å². The zero-order valence-electron chi connectivity index (χ0n) is 14.1. The van der Waals surface area contributed by atoms with E-state index >= 15 is 0 Å². The van der Waals surface area contributed by atoms with E-state index in [0.717, 1.165) is 26.5 Å². The Hall–Kier alpha value is -3.12. The van der Waals surface area contributed by atoms with Crippen LogP contribution < -0.4 is 10.1 Å². The fraction of sp³-hybridized carbons (Fsp3) is 0.100. The molecule has 5 nitrogen and oxygen atoms in total. The summed E-state index contributed by atoms with van der Waals surface area (Å²) in [6, 6.07) is 18.9. The van der Waals surface area contributed by atoms with Crippen LogP contribution >= 0.6 is 11.3 Å². The van der Waals surface area contributed by atoms with Crippen LogP contribution in [0.25, 0.3) is 21.0 Å². The monoisotopic (exact) mass is 364 g/mol. The van der Waals surface area contributed by atoms with Gasteiger partial charge in [-0.05, 0) is 42.0 Å². The van der Waals surface area contributed by atoms with Crippen LogP contribution in [0.2, 0.25) is 0 Å². The minimum absolute atomic E-state index is 0.256. The molecule has 4 aromatic rings. The molecular weight excluding hydrogens is 348 g/mol. The number of rotatable bonds is 5. The second-order valence-electron chi connectivity index (χ2n) is 5.68. The van der Waals surface area contributed by atoms with Crippen molar-refractivity contribution in [3.8, 4) is 16.5 Å². The highest BCUT2D eigenvalue weighted by Gasteiger charge is 2.14. The second-order valence-corrected chi connectivity index (χ2v) is 6.71. The highest BCUT2D eigenvalue weighted by molar-refractivity contribution is 7.21. The number of methoxy groups -OCH3 is 1. The summed E-state index contributed by atoms with van der Waals surface area (Å²) in [5.74, 6) is 1.40. The molecule has 0 saturated carbocycles. The van der Waals surface area contributed by atoms with Crippen molar-refractivity contribution in [1.29, 1.82) is 0 Å². The fourth-order valence-electron chi connectivity index (χ4n) is 2.57. The first kappa shape index (κ1) is 16.4. The smallest absolute Gasteiger partial charge is 0.287 e. The van der Waals surface area contributed by atoms with Gasteiger partial charge < -0.3 is 14.5 Å². The van der Waals surface area contributed by atoms with Crippen molar-refractivity contribution in [1.82, 2.24) is 10.3 Å². The molecule has 6 heteroatoms. The highest BCUT2D eigenvalue weighted by Crippen LogP contribution is 2.31. The number of fused-ring (bicyclic) bond motifs is 1. The molecule has 130 valence electrons. The van der Waals surface area contributed by atoms with Crippen LogP contribution in [-0.2, 0) is 6.54 Å². The molecule has 2 heterocycles. The number of carbonyl (C=O) groups is 1. The lowest BCUT2D eigenvalue weighted by Crippen LogP contribution is -2.22. The van der Waals surface area contributed by atoms with Gasteiger partial charge in [-0.15, -0.1) is 11.3 Å². The lowest BCUT2D eigenvalue weighted by atomic mass is 10.2. The Balaban J connectivity index is 1.45. The number of benzene rings is 2. The number of nitrogens with one attached hydrogen (secondary N) is 1. The number of hydrogen-bond acceptors (Lipinski definition) is 5. The van der Waals surface area contributed by atoms with Gasteiger partial charge in [-0.2, -0.15) is 0 Å². The third-order valence-electron chi connectivity index (χ3n) is 3.95. The second kappa shape index (κ2) is 7.01. The van der Waals surface area contributed by atoms with Crippen molar-refractivity contribution >= 4 is 27.5 Å². The summed E-state index contributed by atoms with van der Waals surface area (Å²) in [5, 5.41) is 3.62. The van der Waals surface area contributed by atoms with E-state index in [2.05, 4.69) is 10.3 Å². The maximum absolute atomic E-state index is 12.3. The Morgan fingerprint density at radius 2 is 1.92 bits per heavy atom. The van der Waals surface area contributed by atoms with E-state index in [1.165, 1.54) is 0 Å². The van der Waals surface area contributed by atoms with E-state index in [0.29, 0.717) is 12.3 Å². The maximum atomic E-state index is 12.3. The van der Waals surface area contributed by atoms with Gasteiger partial charge in [0.15, 0.2) is 16.5 Å². The molecule has 0 aliphatic carbocycles. The molecule has 1 amide bonds. The Morgan fingerprint density at radius 1 is 1.12 bits per heavy atom. The normalized spacial score (nSPS) is 10.8. The van der Waals surface area contributed by atoms with E-state index in [1.807, 2.05) is 48.5 Å². The number of amides is 1. The van der Waals surface area contributed by atoms with Crippen LogP contribution in [0.4, 0.5) is 0 Å². The van der Waals surface area contributed by atoms with Gasteiger partial charge in [-0.1, -0.05) is 24.3 Å². The largest absolute Gasteiger partial charge is 0.497 e. The average molecular weight is 364 g/mol. The van der Waals surface area contributed by atoms with Crippen molar-refractivity contribution in [3.63, 3.8) is 0 Å². The number of furan rings is 1. The summed E-state index contributed by atoms with van der Waals surface area (Å²) in [7, 11) is 1.62.